The van der Waals surface area contributed by atoms with Gasteiger partial charge in [-0.2, -0.15) is 8.78 Å². The highest BCUT2D eigenvalue weighted by atomic mass is 32.1. The molecule has 5 rings (SSSR count). The maximum Gasteiger partial charge on any atom is 0.314 e. The summed E-state index contributed by atoms with van der Waals surface area (Å²) in [6, 6.07) is 17.0. The van der Waals surface area contributed by atoms with Gasteiger partial charge in [-0.05, 0) is 36.2 Å². The van der Waals surface area contributed by atoms with Gasteiger partial charge in [-0.15, -0.1) is 26.6 Å². The molecule has 0 aliphatic rings. The second kappa shape index (κ2) is 8.87. The van der Waals surface area contributed by atoms with E-state index in [4.69, 9.17) is 10.2 Å². The number of thiophene rings is 1. The van der Waals surface area contributed by atoms with Crippen molar-refractivity contribution in [3.8, 4) is 22.0 Å². The lowest BCUT2D eigenvalue weighted by Gasteiger charge is -2.15. The summed E-state index contributed by atoms with van der Waals surface area (Å²) in [5, 5.41) is 15.8. The molecule has 0 saturated heterocycles. The summed E-state index contributed by atoms with van der Waals surface area (Å²) in [6.07, 6.45) is 1.33. The molecule has 0 aliphatic carbocycles. The summed E-state index contributed by atoms with van der Waals surface area (Å²) in [5.74, 6) is -0.207. The number of anilines is 1. The van der Waals surface area contributed by atoms with Crippen molar-refractivity contribution in [3.63, 3.8) is 0 Å². The third-order valence-electron chi connectivity index (χ3n) is 4.98. The molecule has 11 heteroatoms. The standard InChI is InChI=1S/C22H17F2N7OS/c23-20(24)22-29-28-21(32-22)18-8-7-17(33-18)16(10-13-4-2-1-3-5-13)31-12-15(27-30-31)14-6-9-19(25)26-11-14/h1-9,11-12,16,20H,10H2,(H2,25,26). The second-order valence-electron chi connectivity index (χ2n) is 7.21. The normalized spacial score (nSPS) is 12.3. The minimum atomic E-state index is -2.81. The number of halogens is 2. The Balaban J connectivity index is 1.49. The van der Waals surface area contributed by atoms with Crippen molar-refractivity contribution in [3.05, 3.63) is 83.3 Å². The fourth-order valence-corrected chi connectivity index (χ4v) is 4.37. The maximum absolute atomic E-state index is 12.8. The molecule has 2 N–H and O–H groups in total. The highest BCUT2D eigenvalue weighted by Gasteiger charge is 2.22. The summed E-state index contributed by atoms with van der Waals surface area (Å²) < 4.78 is 32.6. The molecule has 0 bridgehead atoms. The summed E-state index contributed by atoms with van der Waals surface area (Å²) in [5.41, 5.74) is 8.25. The van der Waals surface area contributed by atoms with E-state index in [2.05, 4.69) is 25.5 Å². The van der Waals surface area contributed by atoms with E-state index in [-0.39, 0.29) is 11.9 Å². The molecule has 5 aromatic rings. The summed E-state index contributed by atoms with van der Waals surface area (Å²) in [4.78, 5) is 5.66. The quantitative estimate of drug-likeness (QED) is 0.368. The second-order valence-corrected chi connectivity index (χ2v) is 8.32. The zero-order valence-corrected chi connectivity index (χ0v) is 17.9. The van der Waals surface area contributed by atoms with Crippen LogP contribution >= 0.6 is 11.3 Å². The monoisotopic (exact) mass is 465 g/mol. The summed E-state index contributed by atoms with van der Waals surface area (Å²) in [6.45, 7) is 0. The van der Waals surface area contributed by atoms with Crippen LogP contribution in [0, 0.1) is 0 Å². The number of pyridine rings is 1. The molecule has 4 heterocycles. The van der Waals surface area contributed by atoms with Crippen LogP contribution in [0.5, 0.6) is 0 Å². The highest BCUT2D eigenvalue weighted by molar-refractivity contribution is 7.15. The van der Waals surface area contributed by atoms with Crippen LogP contribution in [-0.2, 0) is 6.42 Å². The Morgan fingerprint density at radius 2 is 1.85 bits per heavy atom. The molecule has 4 aromatic heterocycles. The fraction of sp³-hybridized carbons (Fsp3) is 0.136. The van der Waals surface area contributed by atoms with E-state index in [0.717, 1.165) is 16.0 Å². The van der Waals surface area contributed by atoms with Crippen molar-refractivity contribution in [2.24, 2.45) is 0 Å². The first-order valence-electron chi connectivity index (χ1n) is 9.96. The zero-order valence-electron chi connectivity index (χ0n) is 17.0. The first kappa shape index (κ1) is 20.9. The van der Waals surface area contributed by atoms with Crippen molar-refractivity contribution in [1.82, 2.24) is 30.2 Å². The number of alkyl halides is 2. The topological polar surface area (TPSA) is 109 Å². The zero-order chi connectivity index (χ0) is 22.8. The number of nitrogen functional groups attached to an aromatic ring is 1. The molecule has 1 aromatic carbocycles. The molecule has 1 unspecified atom stereocenters. The van der Waals surface area contributed by atoms with Gasteiger partial charge in [0.05, 0.1) is 17.1 Å². The summed E-state index contributed by atoms with van der Waals surface area (Å²) >= 11 is 1.38. The van der Waals surface area contributed by atoms with Crippen LogP contribution in [0.3, 0.4) is 0 Å². The predicted molar refractivity (Wildman–Crippen MR) is 119 cm³/mol. The Labute approximate surface area is 190 Å². The van der Waals surface area contributed by atoms with Crippen molar-refractivity contribution in [1.29, 1.82) is 0 Å². The number of hydrogen-bond donors (Lipinski definition) is 1. The Bertz CT molecular complexity index is 1350. The van der Waals surface area contributed by atoms with Crippen LogP contribution in [0.15, 0.2) is 71.4 Å². The van der Waals surface area contributed by atoms with E-state index in [9.17, 15) is 8.78 Å². The van der Waals surface area contributed by atoms with E-state index in [0.29, 0.717) is 22.8 Å². The molecular formula is C22H17F2N7OS. The van der Waals surface area contributed by atoms with Gasteiger partial charge in [-0.3, -0.25) is 0 Å². The molecule has 166 valence electrons. The average Bonchev–Trinajstić information content (AvgIpc) is 3.59. The Morgan fingerprint density at radius 1 is 1.00 bits per heavy atom. The number of aromatic nitrogens is 6. The smallest absolute Gasteiger partial charge is 0.314 e. The number of hydrogen-bond acceptors (Lipinski definition) is 8. The van der Waals surface area contributed by atoms with Crippen LogP contribution in [0.2, 0.25) is 0 Å². The van der Waals surface area contributed by atoms with E-state index in [1.54, 1.807) is 23.0 Å². The largest absolute Gasteiger partial charge is 0.414 e. The number of rotatable bonds is 7. The number of benzene rings is 1. The third-order valence-corrected chi connectivity index (χ3v) is 6.15. The van der Waals surface area contributed by atoms with Crippen LogP contribution in [0.4, 0.5) is 14.6 Å². The van der Waals surface area contributed by atoms with Gasteiger partial charge in [0.1, 0.15) is 11.5 Å². The van der Waals surface area contributed by atoms with Crippen molar-refractivity contribution >= 4 is 17.2 Å². The Kier molecular flexibility index (Phi) is 5.61. The van der Waals surface area contributed by atoms with Gasteiger partial charge in [0.15, 0.2) is 0 Å². The lowest BCUT2D eigenvalue weighted by molar-refractivity contribution is 0.116. The molecule has 0 aliphatic heterocycles. The van der Waals surface area contributed by atoms with Gasteiger partial charge in [-0.1, -0.05) is 35.5 Å². The molecule has 8 nitrogen and oxygen atoms in total. The molecule has 1 atom stereocenters. The van der Waals surface area contributed by atoms with Crippen molar-refractivity contribution < 1.29 is 13.2 Å². The Morgan fingerprint density at radius 3 is 2.58 bits per heavy atom. The van der Waals surface area contributed by atoms with E-state index >= 15 is 0 Å². The van der Waals surface area contributed by atoms with Crippen LogP contribution in [0.25, 0.3) is 22.0 Å². The predicted octanol–water partition coefficient (Wildman–Crippen LogP) is 4.80. The van der Waals surface area contributed by atoms with Gasteiger partial charge in [0.25, 0.3) is 11.8 Å². The molecule has 0 radical (unpaired) electrons. The van der Waals surface area contributed by atoms with E-state index in [1.807, 2.05) is 48.7 Å². The minimum Gasteiger partial charge on any atom is -0.414 e. The Hall–Kier alpha value is -3.99. The molecule has 33 heavy (non-hydrogen) atoms. The van der Waals surface area contributed by atoms with Gasteiger partial charge in [-0.25, -0.2) is 9.67 Å². The van der Waals surface area contributed by atoms with Crippen molar-refractivity contribution in [2.75, 3.05) is 5.73 Å². The molecule has 0 saturated carbocycles. The van der Waals surface area contributed by atoms with Gasteiger partial charge < -0.3 is 10.2 Å². The third kappa shape index (κ3) is 4.48. The van der Waals surface area contributed by atoms with Gasteiger partial charge >= 0.3 is 6.43 Å². The molecule has 0 spiro atoms. The van der Waals surface area contributed by atoms with E-state index in [1.165, 1.54) is 11.3 Å². The van der Waals surface area contributed by atoms with Gasteiger partial charge in [0.2, 0.25) is 0 Å². The van der Waals surface area contributed by atoms with Crippen LogP contribution < -0.4 is 5.73 Å². The van der Waals surface area contributed by atoms with Gasteiger partial charge in [0, 0.05) is 16.6 Å². The first-order chi connectivity index (χ1) is 16.1. The molecular weight excluding hydrogens is 448 g/mol. The lowest BCUT2D eigenvalue weighted by Crippen LogP contribution is -2.13. The fourth-order valence-electron chi connectivity index (χ4n) is 3.35. The van der Waals surface area contributed by atoms with Crippen LogP contribution in [0.1, 0.15) is 28.8 Å². The maximum atomic E-state index is 12.8. The SMILES string of the molecule is Nc1ccc(-c2cn(C(Cc3ccccc3)c3ccc(-c4nnc(C(F)F)o4)s3)nn2)cn1. The molecule has 0 fully saturated rings. The van der Waals surface area contributed by atoms with Crippen LogP contribution in [-0.4, -0.2) is 30.2 Å². The van der Waals surface area contributed by atoms with Crippen molar-refractivity contribution in [2.45, 2.75) is 18.9 Å². The first-order valence-corrected chi connectivity index (χ1v) is 10.8. The number of nitrogens with zero attached hydrogens (tertiary/aromatic N) is 6. The lowest BCUT2D eigenvalue weighted by atomic mass is 10.0. The molecule has 0 amide bonds. The highest BCUT2D eigenvalue weighted by Crippen LogP contribution is 2.35. The van der Waals surface area contributed by atoms with E-state index < -0.39 is 12.3 Å². The summed E-state index contributed by atoms with van der Waals surface area (Å²) in [7, 11) is 0. The minimum absolute atomic E-state index is 0.0623. The number of nitrogens with two attached hydrogens (primary N) is 1. The average molecular weight is 465 g/mol.